The van der Waals surface area contributed by atoms with Gasteiger partial charge in [0.2, 0.25) is 0 Å². The predicted octanol–water partition coefficient (Wildman–Crippen LogP) is 3.25. The molecule has 0 spiro atoms. The van der Waals surface area contributed by atoms with Gasteiger partial charge in [-0.3, -0.25) is 10.8 Å². The quantitative estimate of drug-likeness (QED) is 0.295. The first-order valence-electron chi connectivity index (χ1n) is 9.12. The van der Waals surface area contributed by atoms with Crippen molar-refractivity contribution < 1.29 is 13.4 Å². The molecule has 1 aromatic heterocycles. The summed E-state index contributed by atoms with van der Waals surface area (Å²) in [6.45, 7) is 0. The van der Waals surface area contributed by atoms with E-state index < -0.39 is 11.2 Å². The maximum Gasteiger partial charge on any atom is 0.170 e. The normalized spacial score (nSPS) is 20.9. The summed E-state index contributed by atoms with van der Waals surface area (Å²) >= 11 is 5.48. The van der Waals surface area contributed by atoms with E-state index >= 15 is 0 Å². The Morgan fingerprint density at radius 1 is 1.45 bits per heavy atom. The zero-order chi connectivity index (χ0) is 23.1. The van der Waals surface area contributed by atoms with E-state index in [0.29, 0.717) is 6.42 Å². The molecule has 3 atom stereocenters. The molecule has 1 aromatic carbocycles. The molecule has 12 heteroatoms. The third-order valence-electron chi connectivity index (χ3n) is 4.56. The van der Waals surface area contributed by atoms with Crippen LogP contribution in [0.25, 0.3) is 0 Å². The number of aldehydes is 1. The Balaban J connectivity index is 0.000000285. The summed E-state index contributed by atoms with van der Waals surface area (Å²) in [6.07, 6.45) is 2.43. The fourth-order valence-corrected chi connectivity index (χ4v) is 4.97. The monoisotopic (exact) mass is 486 g/mol. The summed E-state index contributed by atoms with van der Waals surface area (Å²) in [6, 6.07) is 7.61. The summed E-state index contributed by atoms with van der Waals surface area (Å²) in [5.41, 5.74) is 0.811. The highest BCUT2D eigenvalue weighted by atomic mass is 35.5. The number of halogens is 2. The van der Waals surface area contributed by atoms with Gasteiger partial charge in [-0.2, -0.15) is 0 Å². The molecule has 1 aliphatic rings. The summed E-state index contributed by atoms with van der Waals surface area (Å²) < 4.78 is 28.9. The standard InChI is InChI=1S/C12H17N5O2S2.C7H7ClFN/c1-16(7-13)12(14)11-4-3-10(20-11)9-5-8(6-18)17(2)21(19)15-9;1-10-5-2-3-7(9)6(8)4-5/h3-4,6-9,13-15H,5H2,1-2H3;2-4,10H,1H3. The third-order valence-corrected chi connectivity index (χ3v) is 7.34. The number of amidine groups is 1. The van der Waals surface area contributed by atoms with E-state index in [1.165, 1.54) is 32.7 Å². The Morgan fingerprint density at radius 2 is 2.16 bits per heavy atom. The molecule has 2 heterocycles. The smallest absolute Gasteiger partial charge is 0.170 e. The Kier molecular flexibility index (Phi) is 9.26. The van der Waals surface area contributed by atoms with Crippen molar-refractivity contribution in [2.75, 3.05) is 26.5 Å². The van der Waals surface area contributed by atoms with Crippen LogP contribution in [0, 0.1) is 16.6 Å². The largest absolute Gasteiger partial charge is 0.388 e. The summed E-state index contributed by atoms with van der Waals surface area (Å²) in [5.74, 6) is -0.150. The lowest BCUT2D eigenvalue weighted by Gasteiger charge is -2.32. The first-order chi connectivity index (χ1) is 14.7. The lowest BCUT2D eigenvalue weighted by atomic mass is 10.1. The number of nitrogens with zero attached hydrogens (tertiary/aromatic N) is 2. The molecule has 0 radical (unpaired) electrons. The van der Waals surface area contributed by atoms with Crippen LogP contribution in [0.1, 0.15) is 22.2 Å². The fraction of sp³-hybridized carbons (Fsp3) is 0.316. The minimum Gasteiger partial charge on any atom is -0.388 e. The second kappa shape index (κ2) is 11.4. The van der Waals surface area contributed by atoms with Crippen LogP contribution in [-0.4, -0.2) is 59.1 Å². The molecule has 3 unspecified atom stereocenters. The average Bonchev–Trinajstić information content (AvgIpc) is 3.27. The van der Waals surface area contributed by atoms with Gasteiger partial charge in [-0.25, -0.2) is 17.6 Å². The van der Waals surface area contributed by atoms with Gasteiger partial charge in [0.1, 0.15) is 17.9 Å². The van der Waals surface area contributed by atoms with Crippen molar-refractivity contribution in [1.29, 1.82) is 10.8 Å². The van der Waals surface area contributed by atoms with Crippen molar-refractivity contribution in [2.45, 2.75) is 18.5 Å². The van der Waals surface area contributed by atoms with E-state index in [2.05, 4.69) is 10.0 Å². The number of carbonyl (C=O) groups is 1. The van der Waals surface area contributed by atoms with Gasteiger partial charge in [0.15, 0.2) is 11.2 Å². The molecule has 3 rings (SSSR count). The molecule has 4 N–H and O–H groups in total. The zero-order valence-electron chi connectivity index (χ0n) is 17.2. The van der Waals surface area contributed by atoms with E-state index in [0.717, 1.165) is 28.1 Å². The van der Waals surface area contributed by atoms with Crippen LogP contribution in [0.4, 0.5) is 10.1 Å². The summed E-state index contributed by atoms with van der Waals surface area (Å²) in [4.78, 5) is 14.1. The van der Waals surface area contributed by atoms with Crippen LogP contribution in [0.2, 0.25) is 5.02 Å². The van der Waals surface area contributed by atoms with Crippen molar-refractivity contribution in [3.8, 4) is 0 Å². The van der Waals surface area contributed by atoms with Crippen LogP contribution in [0.5, 0.6) is 0 Å². The Morgan fingerprint density at radius 3 is 2.74 bits per heavy atom. The molecule has 2 aromatic rings. The molecule has 1 saturated heterocycles. The van der Waals surface area contributed by atoms with Crippen LogP contribution < -0.4 is 10.0 Å². The maximum absolute atomic E-state index is 12.5. The third kappa shape index (κ3) is 6.40. The molecule has 31 heavy (non-hydrogen) atoms. The lowest BCUT2D eigenvalue weighted by molar-refractivity contribution is -0.111. The van der Waals surface area contributed by atoms with E-state index in [4.69, 9.17) is 22.4 Å². The molecular formula is C19H24ClFN6O2S2. The van der Waals surface area contributed by atoms with Gasteiger partial charge in [-0.05, 0) is 36.8 Å². The Hall–Kier alpha value is -2.18. The lowest BCUT2D eigenvalue weighted by Crippen LogP contribution is -2.48. The highest BCUT2D eigenvalue weighted by Gasteiger charge is 2.32. The van der Waals surface area contributed by atoms with E-state index in [1.54, 1.807) is 33.3 Å². The molecule has 1 aliphatic heterocycles. The second-order valence-electron chi connectivity index (χ2n) is 6.57. The SMILES string of the molecule is CN(C=N)C(=N)c1ccc(C2CC(C=O)N(C)S(=O)N2)s1.CNc1ccc(F)c(Cl)c1. The topological polar surface area (TPSA) is 112 Å². The highest BCUT2D eigenvalue weighted by Crippen LogP contribution is 2.31. The number of anilines is 1. The van der Waals surface area contributed by atoms with Crippen molar-refractivity contribution >= 4 is 58.3 Å². The summed E-state index contributed by atoms with van der Waals surface area (Å²) in [7, 11) is 5.04. The number of likely N-dealkylation sites (N-methyl/N-ethyl adjacent to an activating group) is 1. The molecule has 168 valence electrons. The predicted molar refractivity (Wildman–Crippen MR) is 125 cm³/mol. The number of nitrogens with one attached hydrogen (secondary N) is 4. The first-order valence-corrected chi connectivity index (χ1v) is 11.4. The van der Waals surface area contributed by atoms with E-state index in [9.17, 15) is 13.4 Å². The van der Waals surface area contributed by atoms with Crippen LogP contribution in [-0.2, 0) is 16.0 Å². The molecule has 0 aliphatic carbocycles. The number of hydrogen-bond donors (Lipinski definition) is 4. The number of rotatable bonds is 5. The molecule has 0 amide bonds. The summed E-state index contributed by atoms with van der Waals surface area (Å²) in [5, 5.41) is 18.1. The van der Waals surface area contributed by atoms with Crippen molar-refractivity contribution in [2.24, 2.45) is 0 Å². The minimum atomic E-state index is -1.40. The van der Waals surface area contributed by atoms with Crippen molar-refractivity contribution in [1.82, 2.24) is 13.9 Å². The van der Waals surface area contributed by atoms with Gasteiger partial charge in [0, 0.05) is 31.7 Å². The minimum absolute atomic E-state index is 0.145. The first kappa shape index (κ1) is 25.1. The van der Waals surface area contributed by atoms with Gasteiger partial charge in [0.25, 0.3) is 0 Å². The number of carbonyl (C=O) groups excluding carboxylic acids is 1. The van der Waals surface area contributed by atoms with E-state index in [1.807, 2.05) is 6.07 Å². The molecule has 0 saturated carbocycles. The van der Waals surface area contributed by atoms with Gasteiger partial charge in [-0.15, -0.1) is 11.3 Å². The average molecular weight is 487 g/mol. The van der Waals surface area contributed by atoms with Crippen molar-refractivity contribution in [3.05, 3.63) is 50.9 Å². The van der Waals surface area contributed by atoms with Gasteiger partial charge in [-0.1, -0.05) is 11.6 Å². The second-order valence-corrected chi connectivity index (χ2v) is 9.41. The Labute approximate surface area is 192 Å². The van der Waals surface area contributed by atoms with Crippen LogP contribution in [0.15, 0.2) is 30.3 Å². The highest BCUT2D eigenvalue weighted by molar-refractivity contribution is 7.80. The number of thiophene rings is 1. The zero-order valence-corrected chi connectivity index (χ0v) is 19.6. The van der Waals surface area contributed by atoms with Crippen molar-refractivity contribution in [3.63, 3.8) is 0 Å². The number of hydrogen-bond acceptors (Lipinski definition) is 6. The maximum atomic E-state index is 12.5. The van der Waals surface area contributed by atoms with Crippen LogP contribution >= 0.6 is 22.9 Å². The fourth-order valence-electron chi connectivity index (χ4n) is 2.64. The van der Waals surface area contributed by atoms with Gasteiger partial charge in [0.05, 0.1) is 28.3 Å². The number of benzene rings is 1. The van der Waals surface area contributed by atoms with Gasteiger partial charge < -0.3 is 15.0 Å². The molecular weight excluding hydrogens is 463 g/mol. The van der Waals surface area contributed by atoms with Gasteiger partial charge >= 0.3 is 0 Å². The van der Waals surface area contributed by atoms with E-state index in [-0.39, 0.29) is 28.8 Å². The molecule has 0 bridgehead atoms. The van der Waals surface area contributed by atoms with Crippen LogP contribution in [0.3, 0.4) is 0 Å². The Bertz CT molecular complexity index is 973. The molecule has 8 nitrogen and oxygen atoms in total. The molecule has 1 fully saturated rings.